The van der Waals surface area contributed by atoms with Crippen LogP contribution in [-0.2, 0) is 0 Å². The van der Waals surface area contributed by atoms with Gasteiger partial charge in [0.25, 0.3) is 5.91 Å². The monoisotopic (exact) mass is 142 g/mol. The van der Waals surface area contributed by atoms with Gasteiger partial charge in [0.2, 0.25) is 5.82 Å². The van der Waals surface area contributed by atoms with Gasteiger partial charge in [0.1, 0.15) is 5.82 Å². The molecule has 0 aromatic carbocycles. The van der Waals surface area contributed by atoms with Crippen LogP contribution in [-0.4, -0.2) is 21.1 Å². The lowest BCUT2D eigenvalue weighted by Crippen LogP contribution is -2.12. The van der Waals surface area contributed by atoms with E-state index in [4.69, 9.17) is 5.73 Å². The van der Waals surface area contributed by atoms with Crippen LogP contribution >= 0.6 is 0 Å². The first-order valence-electron chi connectivity index (χ1n) is 2.39. The highest BCUT2D eigenvalue weighted by Crippen LogP contribution is 1.86. The van der Waals surface area contributed by atoms with Crippen LogP contribution in [0, 0.1) is 6.92 Å². The van der Waals surface area contributed by atoms with Crippen LogP contribution < -0.4 is 5.73 Å². The van der Waals surface area contributed by atoms with Crippen molar-refractivity contribution in [3.8, 4) is 0 Å². The zero-order valence-corrected chi connectivity index (χ0v) is 4.88. The molecule has 5 nitrogen and oxygen atoms in total. The Bertz CT molecular complexity index is 229. The number of nitrogens with one attached hydrogen (secondary N) is 1. The lowest BCUT2D eigenvalue weighted by Gasteiger charge is -1.77. The van der Waals surface area contributed by atoms with E-state index in [0.717, 1.165) is 0 Å². The number of aromatic nitrogens is 3. The Balaban J connectivity index is 0.000000810. The average molecular weight is 142 g/mol. The quantitative estimate of drug-likeness (QED) is 0.571. The average Bonchev–Trinajstić information content (AvgIpc) is 2.14. The molecule has 5 heteroatoms. The van der Waals surface area contributed by atoms with E-state index >= 15 is 0 Å². The molecule has 0 radical (unpaired) electrons. The predicted octanol–water partition coefficient (Wildman–Crippen LogP) is -0.152. The number of amides is 1. The molecule has 1 heterocycles. The summed E-state index contributed by atoms with van der Waals surface area (Å²) in [7, 11) is 0. The van der Waals surface area contributed by atoms with Crippen LogP contribution in [0.1, 0.15) is 23.9 Å². The van der Waals surface area contributed by atoms with E-state index in [9.17, 15) is 4.79 Å². The summed E-state index contributed by atoms with van der Waals surface area (Å²) in [6, 6.07) is 0. The zero-order valence-electron chi connectivity index (χ0n) is 4.88. The van der Waals surface area contributed by atoms with Crippen LogP contribution in [0.3, 0.4) is 0 Å². The van der Waals surface area contributed by atoms with Crippen LogP contribution in [0.15, 0.2) is 0 Å². The molecule has 0 spiro atoms. The number of nitrogens with two attached hydrogens (primary N) is 1. The van der Waals surface area contributed by atoms with Crippen LogP contribution in [0.5, 0.6) is 0 Å². The maximum absolute atomic E-state index is 10.3. The number of primary amides is 1. The van der Waals surface area contributed by atoms with Crippen molar-refractivity contribution in [2.24, 2.45) is 5.73 Å². The molecule has 0 saturated heterocycles. The molecule has 0 atom stereocenters. The summed E-state index contributed by atoms with van der Waals surface area (Å²) in [4.78, 5) is 14.0. The Labute approximate surface area is 58.7 Å². The van der Waals surface area contributed by atoms with Crippen molar-refractivity contribution in [2.75, 3.05) is 0 Å². The number of carbonyl (C=O) groups excluding carboxylic acids is 1. The number of hydrogen-bond acceptors (Lipinski definition) is 3. The minimum atomic E-state index is -0.612. The third-order valence-electron chi connectivity index (χ3n) is 0.818. The molecule has 1 amide bonds. The molecule has 0 fully saturated rings. The fourth-order valence-electron chi connectivity index (χ4n) is 0.453. The van der Waals surface area contributed by atoms with Gasteiger partial charge in [-0.3, -0.25) is 9.89 Å². The number of hydrogen-bond donors (Lipinski definition) is 2. The first kappa shape index (κ1) is 8.61. The topological polar surface area (TPSA) is 84.7 Å². The maximum atomic E-state index is 10.3. The summed E-state index contributed by atoms with van der Waals surface area (Å²) in [6.07, 6.45) is 0. The smallest absolute Gasteiger partial charge is 0.288 e. The largest absolute Gasteiger partial charge is 0.363 e. The van der Waals surface area contributed by atoms with Crippen molar-refractivity contribution in [2.45, 2.75) is 14.4 Å². The van der Waals surface area contributed by atoms with Crippen LogP contribution in [0.25, 0.3) is 0 Å². The molecule has 56 valence electrons. The van der Waals surface area contributed by atoms with Gasteiger partial charge < -0.3 is 5.73 Å². The molecule has 0 aliphatic heterocycles. The second-order valence-electron chi connectivity index (χ2n) is 1.61. The molecule has 0 aliphatic carbocycles. The first-order valence-corrected chi connectivity index (χ1v) is 2.39. The summed E-state index contributed by atoms with van der Waals surface area (Å²) in [6.45, 7) is 1.69. The van der Waals surface area contributed by atoms with Crippen LogP contribution in [0.4, 0.5) is 0 Å². The fourth-order valence-corrected chi connectivity index (χ4v) is 0.453. The van der Waals surface area contributed by atoms with E-state index in [-0.39, 0.29) is 13.3 Å². The van der Waals surface area contributed by atoms with E-state index in [1.165, 1.54) is 0 Å². The SMILES string of the molecule is C.Cc1nc(C(N)=O)n[nH]1. The second-order valence-corrected chi connectivity index (χ2v) is 1.61. The molecular weight excluding hydrogens is 132 g/mol. The van der Waals surface area contributed by atoms with Gasteiger partial charge in [-0.15, -0.1) is 5.10 Å². The zero-order chi connectivity index (χ0) is 6.85. The lowest BCUT2D eigenvalue weighted by atomic mass is 10.6. The highest BCUT2D eigenvalue weighted by atomic mass is 16.1. The summed E-state index contributed by atoms with van der Waals surface area (Å²) in [5.74, 6) is 0.00986. The highest BCUT2D eigenvalue weighted by Gasteiger charge is 2.03. The third-order valence-corrected chi connectivity index (χ3v) is 0.818. The molecule has 1 aromatic rings. The minimum Gasteiger partial charge on any atom is -0.363 e. The minimum absolute atomic E-state index is 0. The molecule has 0 bridgehead atoms. The molecule has 10 heavy (non-hydrogen) atoms. The van der Waals surface area contributed by atoms with E-state index in [1.807, 2.05) is 0 Å². The van der Waals surface area contributed by atoms with Crippen molar-refractivity contribution in [1.82, 2.24) is 15.2 Å². The van der Waals surface area contributed by atoms with Crippen molar-refractivity contribution in [3.63, 3.8) is 0 Å². The normalized spacial score (nSPS) is 8.50. The summed E-state index contributed by atoms with van der Waals surface area (Å²) >= 11 is 0. The number of rotatable bonds is 1. The van der Waals surface area contributed by atoms with E-state index in [2.05, 4.69) is 15.2 Å². The number of aromatic amines is 1. The van der Waals surface area contributed by atoms with Gasteiger partial charge in [0.15, 0.2) is 0 Å². The molecule has 1 rings (SSSR count). The van der Waals surface area contributed by atoms with Gasteiger partial charge >= 0.3 is 0 Å². The summed E-state index contributed by atoms with van der Waals surface area (Å²) in [5, 5.41) is 5.99. The van der Waals surface area contributed by atoms with Gasteiger partial charge in [-0.1, -0.05) is 7.43 Å². The summed E-state index contributed by atoms with van der Waals surface area (Å²) < 4.78 is 0. The third kappa shape index (κ3) is 1.54. The molecule has 0 aliphatic rings. The summed E-state index contributed by atoms with van der Waals surface area (Å²) in [5.41, 5.74) is 4.84. The van der Waals surface area contributed by atoms with Gasteiger partial charge in [-0.25, -0.2) is 4.98 Å². The number of aryl methyl sites for hydroxylation is 1. The van der Waals surface area contributed by atoms with Crippen molar-refractivity contribution in [3.05, 3.63) is 11.6 Å². The number of nitrogens with zero attached hydrogens (tertiary/aromatic N) is 2. The van der Waals surface area contributed by atoms with Gasteiger partial charge in [-0.05, 0) is 6.92 Å². The van der Waals surface area contributed by atoms with Crippen LogP contribution in [0.2, 0.25) is 0 Å². The van der Waals surface area contributed by atoms with Gasteiger partial charge in [0.05, 0.1) is 0 Å². The second kappa shape index (κ2) is 2.95. The molecular formula is C5H10N4O. The van der Waals surface area contributed by atoms with Crippen molar-refractivity contribution in [1.29, 1.82) is 0 Å². The lowest BCUT2D eigenvalue weighted by molar-refractivity contribution is 0.0991. The molecule has 3 N–H and O–H groups in total. The van der Waals surface area contributed by atoms with E-state index in [1.54, 1.807) is 6.92 Å². The Morgan fingerprint density at radius 2 is 2.30 bits per heavy atom. The van der Waals surface area contributed by atoms with Crippen molar-refractivity contribution < 1.29 is 4.79 Å². The number of H-pyrrole nitrogens is 1. The van der Waals surface area contributed by atoms with Gasteiger partial charge in [-0.2, -0.15) is 0 Å². The highest BCUT2D eigenvalue weighted by molar-refractivity contribution is 5.88. The Kier molecular flexibility index (Phi) is 2.54. The Morgan fingerprint density at radius 1 is 1.70 bits per heavy atom. The number of carbonyl (C=O) groups is 1. The Morgan fingerprint density at radius 3 is 2.50 bits per heavy atom. The maximum Gasteiger partial charge on any atom is 0.288 e. The molecule has 0 unspecified atom stereocenters. The van der Waals surface area contributed by atoms with E-state index in [0.29, 0.717) is 5.82 Å². The predicted molar refractivity (Wildman–Crippen MR) is 36.4 cm³/mol. The van der Waals surface area contributed by atoms with Crippen molar-refractivity contribution >= 4 is 5.91 Å². The fraction of sp³-hybridized carbons (Fsp3) is 0.400. The molecule has 0 saturated carbocycles. The first-order chi connectivity index (χ1) is 4.20. The van der Waals surface area contributed by atoms with E-state index < -0.39 is 5.91 Å². The standard InChI is InChI=1S/C4H6N4O.CH4/c1-2-6-4(3(5)9)8-7-2;/h1H3,(H2,5,9)(H,6,7,8);1H4. The Hall–Kier alpha value is -1.39. The molecule has 1 aromatic heterocycles. The van der Waals surface area contributed by atoms with Gasteiger partial charge in [0, 0.05) is 0 Å².